The molecule has 7 nitrogen and oxygen atoms in total. The average Bonchev–Trinajstić information content (AvgIpc) is 2.72. The normalized spacial score (nSPS) is 11.7. The number of benzene rings is 2. The van der Waals surface area contributed by atoms with Crippen molar-refractivity contribution in [2.75, 3.05) is 11.9 Å². The van der Waals surface area contributed by atoms with E-state index in [9.17, 15) is 14.4 Å². The highest BCUT2D eigenvalue weighted by Crippen LogP contribution is 2.27. The molecule has 1 atom stereocenters. The third-order valence-electron chi connectivity index (χ3n) is 4.83. The number of hydrogen-bond donors (Lipinski definition) is 2. The Morgan fingerprint density at radius 1 is 1.06 bits per heavy atom. The molecule has 0 spiro atoms. The van der Waals surface area contributed by atoms with Gasteiger partial charge in [0.15, 0.2) is 0 Å². The van der Waals surface area contributed by atoms with Gasteiger partial charge in [0.2, 0.25) is 0 Å². The summed E-state index contributed by atoms with van der Waals surface area (Å²) >= 11 is 0. The average molecular weight is 450 g/mol. The zero-order chi connectivity index (χ0) is 24.8. The number of hydrogen-bond acceptors (Lipinski definition) is 4. The van der Waals surface area contributed by atoms with Crippen LogP contribution in [0.25, 0.3) is 0 Å². The number of terminal acetylenes is 1. The molecule has 0 aliphatic heterocycles. The van der Waals surface area contributed by atoms with Crippen LogP contribution < -0.4 is 10.6 Å². The maximum absolute atomic E-state index is 13.4. The molecule has 0 radical (unpaired) electrons. The van der Waals surface area contributed by atoms with Crippen LogP contribution in [0.2, 0.25) is 0 Å². The first kappa shape index (κ1) is 25.5. The molecule has 0 aliphatic rings. The van der Waals surface area contributed by atoms with Gasteiger partial charge in [0.1, 0.15) is 18.2 Å². The molecule has 0 saturated heterocycles. The van der Waals surface area contributed by atoms with Crippen molar-refractivity contribution in [3.8, 4) is 12.5 Å². The summed E-state index contributed by atoms with van der Waals surface area (Å²) in [6.45, 7) is 10.3. The van der Waals surface area contributed by atoms with Crippen molar-refractivity contribution in [3.05, 3.63) is 64.7 Å². The van der Waals surface area contributed by atoms with Crippen LogP contribution in [-0.2, 0) is 14.3 Å². The third kappa shape index (κ3) is 7.11. The first-order valence-corrected chi connectivity index (χ1v) is 10.6. The molecule has 0 aromatic heterocycles. The molecule has 0 fully saturated rings. The van der Waals surface area contributed by atoms with E-state index in [-0.39, 0.29) is 0 Å². The van der Waals surface area contributed by atoms with Crippen LogP contribution in [0.5, 0.6) is 0 Å². The van der Waals surface area contributed by atoms with Crippen LogP contribution in [-0.4, -0.2) is 35.0 Å². The van der Waals surface area contributed by atoms with Crippen molar-refractivity contribution >= 4 is 23.6 Å². The van der Waals surface area contributed by atoms with Crippen molar-refractivity contribution in [3.63, 3.8) is 0 Å². The molecule has 2 N–H and O–H groups in total. The lowest BCUT2D eigenvalue weighted by molar-refractivity contribution is -0.134. The fraction of sp³-hybridized carbons (Fsp3) is 0.346. The first-order valence-electron chi connectivity index (χ1n) is 10.6. The molecular weight excluding hydrogens is 418 g/mol. The van der Waals surface area contributed by atoms with Crippen LogP contribution in [0.3, 0.4) is 0 Å². The SMILES string of the molecule is C#CN(C(=O)CNC(=O)OC(C)(C)C)C(C(=O)Nc1ccccc1C)c1cc(C)ccc1C. The minimum absolute atomic E-state index is 0.419. The number of carbonyl (C=O) groups is 3. The van der Waals surface area contributed by atoms with E-state index in [1.54, 1.807) is 26.8 Å². The molecule has 0 heterocycles. The van der Waals surface area contributed by atoms with Gasteiger partial charge in [-0.3, -0.25) is 14.5 Å². The predicted molar refractivity (Wildman–Crippen MR) is 128 cm³/mol. The number of carbonyl (C=O) groups excluding carboxylic acids is 3. The Hall–Kier alpha value is -3.79. The molecule has 3 amide bonds. The second-order valence-corrected chi connectivity index (χ2v) is 8.82. The Labute approximate surface area is 195 Å². The van der Waals surface area contributed by atoms with E-state index in [0.717, 1.165) is 21.6 Å². The maximum Gasteiger partial charge on any atom is 0.408 e. The molecular formula is C26H31N3O4. The summed E-state index contributed by atoms with van der Waals surface area (Å²) in [5.41, 5.74) is 3.10. The molecule has 0 bridgehead atoms. The highest BCUT2D eigenvalue weighted by Gasteiger charge is 2.32. The standard InChI is InChI=1S/C26H31N3O4/c1-8-29(22(30)16-27-25(32)33-26(5,6)7)23(20-15-17(2)13-14-18(20)3)24(31)28-21-12-10-9-11-19(21)4/h1,9-15,23H,16H2,2-7H3,(H,27,32)(H,28,31). The van der Waals surface area contributed by atoms with Crippen molar-refractivity contribution in [2.45, 2.75) is 53.2 Å². The van der Waals surface area contributed by atoms with Crippen molar-refractivity contribution in [1.29, 1.82) is 0 Å². The van der Waals surface area contributed by atoms with E-state index >= 15 is 0 Å². The van der Waals surface area contributed by atoms with Gasteiger partial charge < -0.3 is 15.4 Å². The molecule has 2 aromatic carbocycles. The van der Waals surface area contributed by atoms with Gasteiger partial charge in [-0.1, -0.05) is 48.4 Å². The van der Waals surface area contributed by atoms with Gasteiger partial charge in [-0.15, -0.1) is 0 Å². The zero-order valence-corrected chi connectivity index (χ0v) is 20.0. The van der Waals surface area contributed by atoms with Crippen LogP contribution in [0, 0.1) is 33.2 Å². The largest absolute Gasteiger partial charge is 0.444 e. The summed E-state index contributed by atoms with van der Waals surface area (Å²) in [4.78, 5) is 39.5. The second kappa shape index (κ2) is 10.7. The quantitative estimate of drug-likeness (QED) is 0.510. The lowest BCUT2D eigenvalue weighted by Crippen LogP contribution is -2.44. The van der Waals surface area contributed by atoms with Crippen molar-refractivity contribution in [1.82, 2.24) is 10.2 Å². The summed E-state index contributed by atoms with van der Waals surface area (Å²) in [5, 5.41) is 5.28. The number of rotatable bonds is 6. The molecule has 0 saturated carbocycles. The molecule has 174 valence electrons. The monoisotopic (exact) mass is 449 g/mol. The summed E-state index contributed by atoms with van der Waals surface area (Å²) in [7, 11) is 0. The zero-order valence-electron chi connectivity index (χ0n) is 20.0. The summed E-state index contributed by atoms with van der Waals surface area (Å²) < 4.78 is 5.17. The second-order valence-electron chi connectivity index (χ2n) is 8.82. The van der Waals surface area contributed by atoms with Gasteiger partial charge in [-0.25, -0.2) is 4.79 Å². The molecule has 0 aliphatic carbocycles. The number of aryl methyl sites for hydroxylation is 3. The molecule has 7 heteroatoms. The number of para-hydroxylation sites is 1. The van der Waals surface area contributed by atoms with Crippen molar-refractivity contribution in [2.24, 2.45) is 0 Å². The van der Waals surface area contributed by atoms with E-state index in [1.807, 2.05) is 57.2 Å². The van der Waals surface area contributed by atoms with Crippen LogP contribution >= 0.6 is 0 Å². The highest BCUT2D eigenvalue weighted by molar-refractivity contribution is 5.99. The van der Waals surface area contributed by atoms with Gasteiger partial charge >= 0.3 is 6.09 Å². The summed E-state index contributed by atoms with van der Waals surface area (Å²) in [6, 6.07) is 14.2. The Morgan fingerprint density at radius 3 is 2.33 bits per heavy atom. The number of ether oxygens (including phenoxy) is 1. The third-order valence-corrected chi connectivity index (χ3v) is 4.83. The Morgan fingerprint density at radius 2 is 1.73 bits per heavy atom. The van der Waals surface area contributed by atoms with Gasteiger partial charge in [-0.05, 0) is 64.3 Å². The van der Waals surface area contributed by atoms with Crippen LogP contribution in [0.4, 0.5) is 10.5 Å². The molecule has 2 aromatic rings. The van der Waals surface area contributed by atoms with Crippen LogP contribution in [0.1, 0.15) is 49.1 Å². The van der Waals surface area contributed by atoms with Gasteiger partial charge in [-0.2, -0.15) is 0 Å². The number of nitrogens with zero attached hydrogens (tertiary/aromatic N) is 1. The molecule has 33 heavy (non-hydrogen) atoms. The number of anilines is 1. The van der Waals surface area contributed by atoms with Gasteiger partial charge in [0.05, 0.1) is 0 Å². The number of nitrogens with one attached hydrogen (secondary N) is 2. The number of alkyl carbamates (subject to hydrolysis) is 1. The van der Waals surface area contributed by atoms with E-state index < -0.39 is 36.1 Å². The fourth-order valence-corrected chi connectivity index (χ4v) is 3.20. The summed E-state index contributed by atoms with van der Waals surface area (Å²) in [5.74, 6) is -1.07. The minimum Gasteiger partial charge on any atom is -0.444 e. The Balaban J connectivity index is 2.36. The first-order chi connectivity index (χ1) is 15.4. The minimum atomic E-state index is -1.09. The highest BCUT2D eigenvalue weighted by atomic mass is 16.6. The predicted octanol–water partition coefficient (Wildman–Crippen LogP) is 4.24. The lowest BCUT2D eigenvalue weighted by Gasteiger charge is -2.28. The number of amides is 3. The topological polar surface area (TPSA) is 87.7 Å². The van der Waals surface area contributed by atoms with E-state index in [2.05, 4.69) is 16.7 Å². The maximum atomic E-state index is 13.4. The van der Waals surface area contributed by atoms with E-state index in [4.69, 9.17) is 11.2 Å². The molecule has 2 rings (SSSR count). The lowest BCUT2D eigenvalue weighted by atomic mass is 9.96. The Bertz CT molecular complexity index is 1080. The van der Waals surface area contributed by atoms with Crippen LogP contribution in [0.15, 0.2) is 42.5 Å². The fourth-order valence-electron chi connectivity index (χ4n) is 3.20. The van der Waals surface area contributed by atoms with Crippen molar-refractivity contribution < 1.29 is 19.1 Å². The van der Waals surface area contributed by atoms with Gasteiger partial charge in [0.25, 0.3) is 11.8 Å². The molecule has 1 unspecified atom stereocenters. The Kier molecular flexibility index (Phi) is 8.25. The van der Waals surface area contributed by atoms with E-state index in [1.165, 1.54) is 0 Å². The van der Waals surface area contributed by atoms with E-state index in [0.29, 0.717) is 11.3 Å². The summed E-state index contributed by atoms with van der Waals surface area (Å²) in [6.07, 6.45) is 4.95. The smallest absolute Gasteiger partial charge is 0.408 e. The van der Waals surface area contributed by atoms with Gasteiger partial charge in [0, 0.05) is 11.7 Å².